The fourth-order valence-corrected chi connectivity index (χ4v) is 4.07. The van der Waals surface area contributed by atoms with Gasteiger partial charge in [0.05, 0.1) is 6.04 Å². The van der Waals surface area contributed by atoms with Gasteiger partial charge in [-0.2, -0.15) is 0 Å². The Labute approximate surface area is 218 Å². The van der Waals surface area contributed by atoms with E-state index in [2.05, 4.69) is 11.0 Å². The molecule has 0 saturated carbocycles. The van der Waals surface area contributed by atoms with E-state index in [9.17, 15) is 4.79 Å². The van der Waals surface area contributed by atoms with Crippen LogP contribution >= 0.6 is 0 Å². The molecule has 0 aliphatic carbocycles. The first-order chi connectivity index (χ1) is 18.1. The molecular weight excluding hydrogens is 460 g/mol. The number of carbonyl (C=O) groups excluding carboxylic acids is 1. The lowest BCUT2D eigenvalue weighted by Gasteiger charge is -2.28. The Hall–Kier alpha value is -4.19. The van der Waals surface area contributed by atoms with Crippen LogP contribution in [-0.2, 0) is 11.3 Å². The third-order valence-corrected chi connectivity index (χ3v) is 5.88. The van der Waals surface area contributed by atoms with Crippen LogP contribution in [0.5, 0.6) is 23.0 Å². The van der Waals surface area contributed by atoms with Crippen LogP contribution < -0.4 is 15.2 Å². The number of nitrogens with zero attached hydrogens (tertiary/aromatic N) is 1. The summed E-state index contributed by atoms with van der Waals surface area (Å²) >= 11 is 0. The first-order valence-corrected chi connectivity index (χ1v) is 12.4. The molecule has 188 valence electrons. The monoisotopic (exact) mass is 492 g/mol. The zero-order valence-electron chi connectivity index (χ0n) is 21.0. The molecule has 0 amide bonds. The van der Waals surface area contributed by atoms with Crippen molar-refractivity contribution in [2.75, 3.05) is 13.1 Å². The minimum atomic E-state index is -0.379. The van der Waals surface area contributed by atoms with E-state index >= 15 is 0 Å². The van der Waals surface area contributed by atoms with E-state index in [1.165, 1.54) is 0 Å². The highest BCUT2D eigenvalue weighted by molar-refractivity contribution is 5.81. The van der Waals surface area contributed by atoms with Crippen LogP contribution in [0.3, 0.4) is 0 Å². The maximum atomic E-state index is 12.4. The molecule has 5 nitrogen and oxygen atoms in total. The number of carbonyl (C=O) groups is 1. The van der Waals surface area contributed by atoms with Gasteiger partial charge < -0.3 is 15.2 Å². The molecule has 0 bridgehead atoms. The van der Waals surface area contributed by atoms with Gasteiger partial charge in [-0.15, -0.1) is 0 Å². The van der Waals surface area contributed by atoms with E-state index in [0.717, 1.165) is 34.1 Å². The Morgan fingerprint density at radius 2 is 1.35 bits per heavy atom. The number of benzene rings is 4. The highest BCUT2D eigenvalue weighted by Gasteiger charge is 2.21. The largest absolute Gasteiger partial charge is 0.457 e. The Kier molecular flexibility index (Phi) is 9.24. The lowest BCUT2D eigenvalue weighted by Crippen LogP contribution is -2.44. The van der Waals surface area contributed by atoms with Crippen molar-refractivity contribution in [2.24, 2.45) is 5.73 Å². The fraction of sp³-hybridized carbons (Fsp3) is 0.156. The number of ketones is 1. The molecule has 4 aromatic rings. The number of Topliss-reactive ketones (excluding diaryl/α,β-unsaturated/α-hetero) is 1. The Balaban J connectivity index is 1.46. The predicted octanol–water partition coefficient (Wildman–Crippen LogP) is 6.70. The Morgan fingerprint density at radius 1 is 0.784 bits per heavy atom. The van der Waals surface area contributed by atoms with Crippen LogP contribution in [0.15, 0.2) is 115 Å². The maximum Gasteiger partial charge on any atom is 0.148 e. The molecule has 1 atom stereocenters. The normalized spacial score (nSPS) is 12.0. The lowest BCUT2D eigenvalue weighted by atomic mass is 10.1. The summed E-state index contributed by atoms with van der Waals surface area (Å²) in [7, 11) is 0. The second kappa shape index (κ2) is 13.2. The summed E-state index contributed by atoms with van der Waals surface area (Å²) in [6.07, 6.45) is 4.09. The minimum absolute atomic E-state index is 0.0471. The molecule has 0 spiro atoms. The van der Waals surface area contributed by atoms with Crippen LogP contribution in [0.4, 0.5) is 0 Å². The number of ether oxygens (including phenoxy) is 2. The number of rotatable bonds is 12. The third kappa shape index (κ3) is 7.90. The van der Waals surface area contributed by atoms with Gasteiger partial charge in [-0.1, -0.05) is 72.8 Å². The first-order valence-electron chi connectivity index (χ1n) is 12.4. The molecule has 0 aromatic heterocycles. The molecular formula is C32H32N2O3. The van der Waals surface area contributed by atoms with Gasteiger partial charge in [0, 0.05) is 19.6 Å². The molecule has 5 heteroatoms. The summed E-state index contributed by atoms with van der Waals surface area (Å²) in [5.74, 6) is 3.14. The van der Waals surface area contributed by atoms with Gasteiger partial charge >= 0.3 is 0 Å². The smallest absolute Gasteiger partial charge is 0.148 e. The van der Waals surface area contributed by atoms with Crippen LogP contribution in [-0.4, -0.2) is 29.8 Å². The van der Waals surface area contributed by atoms with Crippen LogP contribution in [0.25, 0.3) is 6.08 Å². The third-order valence-electron chi connectivity index (χ3n) is 5.88. The quantitative estimate of drug-likeness (QED) is 0.238. The summed E-state index contributed by atoms with van der Waals surface area (Å²) in [5.41, 5.74) is 8.06. The number of hydrogen-bond acceptors (Lipinski definition) is 5. The molecule has 0 heterocycles. The van der Waals surface area contributed by atoms with Crippen molar-refractivity contribution >= 4 is 11.9 Å². The maximum absolute atomic E-state index is 12.4. The van der Waals surface area contributed by atoms with Gasteiger partial charge in [0.2, 0.25) is 0 Å². The number of para-hydroxylation sites is 2. The topological polar surface area (TPSA) is 64.8 Å². The molecule has 0 aliphatic heterocycles. The molecule has 4 aromatic carbocycles. The zero-order chi connectivity index (χ0) is 25.9. The lowest BCUT2D eigenvalue weighted by molar-refractivity contribution is -0.121. The van der Waals surface area contributed by atoms with Crippen molar-refractivity contribution in [3.8, 4) is 23.0 Å². The molecule has 0 fully saturated rings. The summed E-state index contributed by atoms with van der Waals surface area (Å²) in [5, 5.41) is 0. The van der Waals surface area contributed by atoms with Crippen LogP contribution in [0.1, 0.15) is 18.1 Å². The van der Waals surface area contributed by atoms with E-state index < -0.39 is 0 Å². The highest BCUT2D eigenvalue weighted by atomic mass is 16.5. The molecule has 0 aliphatic rings. The zero-order valence-corrected chi connectivity index (χ0v) is 21.0. The van der Waals surface area contributed by atoms with Crippen LogP contribution in [0, 0.1) is 0 Å². The molecule has 37 heavy (non-hydrogen) atoms. The Morgan fingerprint density at radius 3 is 1.95 bits per heavy atom. The average Bonchev–Trinajstić information content (AvgIpc) is 2.90. The molecule has 2 N–H and O–H groups in total. The van der Waals surface area contributed by atoms with Crippen molar-refractivity contribution in [3.63, 3.8) is 0 Å². The fourth-order valence-electron chi connectivity index (χ4n) is 4.07. The summed E-state index contributed by atoms with van der Waals surface area (Å²) in [6.45, 7) is 2.97. The van der Waals surface area contributed by atoms with E-state index in [4.69, 9.17) is 15.2 Å². The second-order valence-electron chi connectivity index (χ2n) is 8.74. The molecule has 0 radical (unpaired) electrons. The highest BCUT2D eigenvalue weighted by Crippen LogP contribution is 2.24. The minimum Gasteiger partial charge on any atom is -0.457 e. The van der Waals surface area contributed by atoms with E-state index in [1.54, 1.807) is 6.92 Å². The second-order valence-corrected chi connectivity index (χ2v) is 8.74. The van der Waals surface area contributed by atoms with Gasteiger partial charge in [0.25, 0.3) is 0 Å². The summed E-state index contributed by atoms with van der Waals surface area (Å²) < 4.78 is 11.9. The van der Waals surface area contributed by atoms with Gasteiger partial charge in [-0.25, -0.2) is 0 Å². The molecule has 0 unspecified atom stereocenters. The van der Waals surface area contributed by atoms with E-state index in [-0.39, 0.29) is 18.4 Å². The van der Waals surface area contributed by atoms with Crippen molar-refractivity contribution in [3.05, 3.63) is 126 Å². The number of hydrogen-bond donors (Lipinski definition) is 1. The van der Waals surface area contributed by atoms with Gasteiger partial charge in [0.1, 0.15) is 28.8 Å². The molecule has 0 saturated heterocycles. The van der Waals surface area contributed by atoms with Crippen molar-refractivity contribution < 1.29 is 14.3 Å². The van der Waals surface area contributed by atoms with Crippen molar-refractivity contribution in [1.29, 1.82) is 0 Å². The molecule has 4 rings (SSSR count). The average molecular weight is 493 g/mol. The van der Waals surface area contributed by atoms with E-state index in [0.29, 0.717) is 13.1 Å². The summed E-state index contributed by atoms with van der Waals surface area (Å²) in [6, 6.07) is 34.8. The van der Waals surface area contributed by atoms with Crippen molar-refractivity contribution in [1.82, 2.24) is 4.90 Å². The Bertz CT molecular complexity index is 1310. The van der Waals surface area contributed by atoms with Crippen molar-refractivity contribution in [2.45, 2.75) is 19.5 Å². The SMILES string of the molecule is CC(=O)[C@H](CN)N(C/C=C/c1cccc(Oc2ccccc2)c1)Cc1cccc(Oc2ccccc2)c1. The van der Waals surface area contributed by atoms with E-state index in [1.807, 2.05) is 115 Å². The summed E-state index contributed by atoms with van der Waals surface area (Å²) in [4.78, 5) is 14.5. The number of nitrogens with two attached hydrogens (primary N) is 1. The predicted molar refractivity (Wildman–Crippen MR) is 149 cm³/mol. The van der Waals surface area contributed by atoms with Gasteiger partial charge in [-0.3, -0.25) is 9.69 Å². The first kappa shape index (κ1) is 25.9. The van der Waals surface area contributed by atoms with Gasteiger partial charge in [-0.05, 0) is 66.6 Å². The standard InChI is InChI=1S/C32H32N2O3/c1-25(35)32(23-33)34(24-27-12-9-19-31(22-27)37-29-16-6-3-7-17-29)20-10-13-26-11-8-18-30(21-26)36-28-14-4-2-5-15-28/h2-19,21-22,32H,20,23-24,33H2,1H3/b13-10+/t32-/m0/s1. The van der Waals surface area contributed by atoms with Crippen LogP contribution in [0.2, 0.25) is 0 Å². The van der Waals surface area contributed by atoms with Gasteiger partial charge in [0.15, 0.2) is 0 Å².